The Morgan fingerprint density at radius 2 is 0.703 bits per heavy atom. The minimum Gasteiger partial charge on any atom is -0.466 e. The standard InChI is InChI=1S/C68H129NO5/c1-3-5-7-9-11-13-15-37-42-46-50-54-58-62-68(73)74-63-59-55-51-47-43-39-36-34-32-30-28-26-24-22-20-18-17-19-21-23-25-27-29-31-33-35-38-41-45-49-53-57-61-67(72)69-65(64-70)66(71)60-56-52-48-44-40-16-14-12-10-8-6-4-2/h7,9,13,15,56,60,65-66,70-71H,3-6,8,10-12,14,16-55,57-59,61-64H2,1-2H3,(H,69,72)/b9-7-,15-13-,60-56+. The molecule has 6 nitrogen and oxygen atoms in total. The fraction of sp³-hybridized carbons (Fsp3) is 0.882. The van der Waals surface area contributed by atoms with Crippen LogP contribution in [0.2, 0.25) is 0 Å². The number of carbonyl (C=O) groups is 2. The maximum absolute atomic E-state index is 12.4. The van der Waals surface area contributed by atoms with Gasteiger partial charge >= 0.3 is 5.97 Å². The first-order valence-electron chi connectivity index (χ1n) is 33.3. The van der Waals surface area contributed by atoms with Gasteiger partial charge in [-0.1, -0.05) is 326 Å². The molecule has 0 saturated heterocycles. The zero-order valence-corrected chi connectivity index (χ0v) is 49.8. The molecule has 3 N–H and O–H groups in total. The van der Waals surface area contributed by atoms with E-state index in [9.17, 15) is 19.8 Å². The van der Waals surface area contributed by atoms with Crippen molar-refractivity contribution < 1.29 is 24.5 Å². The molecule has 0 aliphatic rings. The fourth-order valence-corrected chi connectivity index (χ4v) is 10.3. The molecule has 0 aromatic carbocycles. The van der Waals surface area contributed by atoms with Gasteiger partial charge < -0.3 is 20.3 Å². The van der Waals surface area contributed by atoms with E-state index in [0.29, 0.717) is 19.4 Å². The van der Waals surface area contributed by atoms with Gasteiger partial charge in [-0.05, 0) is 57.8 Å². The molecule has 0 aromatic heterocycles. The molecule has 0 fully saturated rings. The number of amides is 1. The van der Waals surface area contributed by atoms with Gasteiger partial charge in [0.1, 0.15) is 0 Å². The first-order valence-corrected chi connectivity index (χ1v) is 33.3. The third-order valence-corrected chi connectivity index (χ3v) is 15.4. The van der Waals surface area contributed by atoms with E-state index in [-0.39, 0.29) is 18.5 Å². The van der Waals surface area contributed by atoms with Crippen molar-refractivity contribution in [3.63, 3.8) is 0 Å². The van der Waals surface area contributed by atoms with Crippen molar-refractivity contribution in [1.82, 2.24) is 5.32 Å². The second-order valence-corrected chi connectivity index (χ2v) is 22.8. The molecule has 2 atom stereocenters. The second-order valence-electron chi connectivity index (χ2n) is 22.8. The molecule has 0 spiro atoms. The maximum atomic E-state index is 12.4. The highest BCUT2D eigenvalue weighted by Gasteiger charge is 2.18. The summed E-state index contributed by atoms with van der Waals surface area (Å²) in [7, 11) is 0. The predicted molar refractivity (Wildman–Crippen MR) is 324 cm³/mol. The summed E-state index contributed by atoms with van der Waals surface area (Å²) in [6, 6.07) is -0.623. The minimum atomic E-state index is -0.840. The molecule has 74 heavy (non-hydrogen) atoms. The number of allylic oxidation sites excluding steroid dienone is 5. The lowest BCUT2D eigenvalue weighted by Gasteiger charge is -2.20. The lowest BCUT2D eigenvalue weighted by molar-refractivity contribution is -0.143. The highest BCUT2D eigenvalue weighted by atomic mass is 16.5. The van der Waals surface area contributed by atoms with Crippen molar-refractivity contribution in [1.29, 1.82) is 0 Å². The van der Waals surface area contributed by atoms with Gasteiger partial charge in [-0.2, -0.15) is 0 Å². The van der Waals surface area contributed by atoms with Gasteiger partial charge in [0.05, 0.1) is 25.4 Å². The SMILES string of the molecule is CCC/C=C\C/C=C\CCCCCCCC(=O)OCCCCCCCCCCCCCCCCCCCCCCCCCCCCCCCCCCC(=O)NC(CO)C(O)/C=C/CCCCCCCCCCCC. The second kappa shape index (κ2) is 63.6. The Bertz CT molecular complexity index is 1200. The van der Waals surface area contributed by atoms with Crippen LogP contribution in [0.4, 0.5) is 0 Å². The van der Waals surface area contributed by atoms with E-state index in [1.807, 2.05) is 6.08 Å². The number of unbranched alkanes of at least 4 members (excludes halogenated alkanes) is 47. The number of carbonyl (C=O) groups excluding carboxylic acids is 2. The quantitative estimate of drug-likeness (QED) is 0.0320. The third kappa shape index (κ3) is 59.3. The highest BCUT2D eigenvalue weighted by Crippen LogP contribution is 2.18. The van der Waals surface area contributed by atoms with Crippen molar-refractivity contribution in [2.45, 2.75) is 373 Å². The van der Waals surface area contributed by atoms with E-state index in [1.54, 1.807) is 6.08 Å². The number of aliphatic hydroxyl groups is 2. The zero-order valence-electron chi connectivity index (χ0n) is 49.8. The molecular weight excluding hydrogens is 911 g/mol. The average molecular weight is 1040 g/mol. The van der Waals surface area contributed by atoms with Gasteiger partial charge in [0.25, 0.3) is 0 Å². The van der Waals surface area contributed by atoms with Gasteiger partial charge in [0, 0.05) is 12.8 Å². The lowest BCUT2D eigenvalue weighted by Crippen LogP contribution is -2.45. The van der Waals surface area contributed by atoms with Gasteiger partial charge in [0.2, 0.25) is 5.91 Å². The van der Waals surface area contributed by atoms with E-state index < -0.39 is 12.1 Å². The van der Waals surface area contributed by atoms with Gasteiger partial charge in [-0.15, -0.1) is 0 Å². The molecule has 0 aliphatic carbocycles. The predicted octanol–water partition coefficient (Wildman–Crippen LogP) is 21.1. The van der Waals surface area contributed by atoms with Gasteiger partial charge in [-0.3, -0.25) is 9.59 Å². The Morgan fingerprint density at radius 1 is 0.378 bits per heavy atom. The number of rotatable bonds is 62. The van der Waals surface area contributed by atoms with E-state index in [1.165, 1.54) is 283 Å². The molecule has 436 valence electrons. The van der Waals surface area contributed by atoms with Crippen molar-refractivity contribution >= 4 is 11.9 Å². The van der Waals surface area contributed by atoms with Crippen LogP contribution in [0.1, 0.15) is 361 Å². The van der Waals surface area contributed by atoms with Crippen LogP contribution in [0.25, 0.3) is 0 Å². The van der Waals surface area contributed by atoms with Crippen LogP contribution in [0, 0.1) is 0 Å². The molecule has 2 unspecified atom stereocenters. The number of esters is 1. The average Bonchev–Trinajstić information content (AvgIpc) is 3.40. The largest absolute Gasteiger partial charge is 0.466 e. The summed E-state index contributed by atoms with van der Waals surface area (Å²) in [6.45, 7) is 4.85. The van der Waals surface area contributed by atoms with E-state index in [4.69, 9.17) is 4.74 Å². The Kier molecular flexibility index (Phi) is 62.0. The number of ether oxygens (including phenoxy) is 1. The smallest absolute Gasteiger partial charge is 0.305 e. The van der Waals surface area contributed by atoms with Crippen LogP contribution in [0.3, 0.4) is 0 Å². The number of hydrogen-bond donors (Lipinski definition) is 3. The van der Waals surface area contributed by atoms with E-state index >= 15 is 0 Å². The summed E-state index contributed by atoms with van der Waals surface area (Å²) in [5.41, 5.74) is 0. The Morgan fingerprint density at radius 3 is 1.08 bits per heavy atom. The lowest BCUT2D eigenvalue weighted by atomic mass is 10.0. The normalized spacial score (nSPS) is 12.8. The number of nitrogens with one attached hydrogen (secondary N) is 1. The minimum absolute atomic E-state index is 0.00550. The molecule has 0 rings (SSSR count). The van der Waals surface area contributed by atoms with Crippen molar-refractivity contribution in [2.75, 3.05) is 13.2 Å². The molecule has 0 aliphatic heterocycles. The van der Waals surface area contributed by atoms with Crippen LogP contribution in [-0.4, -0.2) is 47.4 Å². The Hall–Kier alpha value is -1.92. The Labute approximate surface area is 462 Å². The fourth-order valence-electron chi connectivity index (χ4n) is 10.3. The first-order chi connectivity index (χ1) is 36.5. The van der Waals surface area contributed by atoms with Crippen LogP contribution < -0.4 is 5.32 Å². The summed E-state index contributed by atoms with van der Waals surface area (Å²) in [5, 5.41) is 23.1. The highest BCUT2D eigenvalue weighted by molar-refractivity contribution is 5.76. The third-order valence-electron chi connectivity index (χ3n) is 15.4. The van der Waals surface area contributed by atoms with Crippen molar-refractivity contribution in [3.05, 3.63) is 36.5 Å². The van der Waals surface area contributed by atoms with Crippen LogP contribution in [-0.2, 0) is 14.3 Å². The monoisotopic (exact) mass is 1040 g/mol. The summed E-state index contributed by atoms with van der Waals surface area (Å²) >= 11 is 0. The topological polar surface area (TPSA) is 95.9 Å². The molecule has 6 heteroatoms. The summed E-state index contributed by atoms with van der Waals surface area (Å²) in [4.78, 5) is 24.5. The molecule has 1 amide bonds. The maximum Gasteiger partial charge on any atom is 0.305 e. The van der Waals surface area contributed by atoms with E-state index in [0.717, 1.165) is 51.4 Å². The molecule has 0 aromatic rings. The van der Waals surface area contributed by atoms with Gasteiger partial charge in [0.15, 0.2) is 0 Å². The summed E-state index contributed by atoms with van der Waals surface area (Å²) in [5.74, 6) is -0.0576. The number of aliphatic hydroxyl groups excluding tert-OH is 2. The summed E-state index contributed by atoms with van der Waals surface area (Å²) < 4.78 is 5.48. The molecule has 0 radical (unpaired) electrons. The molecule has 0 bridgehead atoms. The summed E-state index contributed by atoms with van der Waals surface area (Å²) in [6.07, 6.45) is 80.8. The van der Waals surface area contributed by atoms with E-state index in [2.05, 4.69) is 43.5 Å². The van der Waals surface area contributed by atoms with Crippen LogP contribution in [0.15, 0.2) is 36.5 Å². The van der Waals surface area contributed by atoms with Crippen LogP contribution >= 0.6 is 0 Å². The Balaban J connectivity index is 3.32. The first kappa shape index (κ1) is 72.1. The zero-order chi connectivity index (χ0) is 53.6. The van der Waals surface area contributed by atoms with Crippen molar-refractivity contribution in [3.8, 4) is 0 Å². The molecular formula is C68H129NO5. The molecule has 0 heterocycles. The van der Waals surface area contributed by atoms with Crippen LogP contribution in [0.5, 0.6) is 0 Å². The molecule has 0 saturated carbocycles. The van der Waals surface area contributed by atoms with Gasteiger partial charge in [-0.25, -0.2) is 0 Å². The number of hydrogen-bond acceptors (Lipinski definition) is 5. The van der Waals surface area contributed by atoms with Crippen molar-refractivity contribution in [2.24, 2.45) is 0 Å².